The van der Waals surface area contributed by atoms with Crippen molar-refractivity contribution in [3.63, 3.8) is 0 Å². The van der Waals surface area contributed by atoms with Crippen LogP contribution in [0.25, 0.3) is 0 Å². The van der Waals surface area contributed by atoms with E-state index in [-0.39, 0.29) is 12.2 Å². The van der Waals surface area contributed by atoms with Crippen molar-refractivity contribution in [2.45, 2.75) is 12.0 Å². The van der Waals surface area contributed by atoms with Crippen molar-refractivity contribution in [1.29, 1.82) is 0 Å². The highest BCUT2D eigenvalue weighted by Gasteiger charge is 2.56. The minimum Gasteiger partial charge on any atom is -0.464 e. The Morgan fingerprint density at radius 3 is 2.84 bits per heavy atom. The van der Waals surface area contributed by atoms with E-state index >= 15 is 0 Å². The molecule has 104 valence electrons. The summed E-state index contributed by atoms with van der Waals surface area (Å²) in [5.41, 5.74) is -2.78. The van der Waals surface area contributed by atoms with Crippen LogP contribution >= 0.6 is 28.2 Å². The first-order valence-electron chi connectivity index (χ1n) is 4.96. The van der Waals surface area contributed by atoms with Gasteiger partial charge in [-0.15, -0.1) is 0 Å². The molecular formula is C10H7BrF3NO3S. The number of nitrogens with zero attached hydrogens (tertiary/aromatic N) is 1. The van der Waals surface area contributed by atoms with Crippen LogP contribution in [0.4, 0.5) is 18.0 Å². The van der Waals surface area contributed by atoms with Crippen LogP contribution in [0.5, 0.6) is 0 Å². The van der Waals surface area contributed by atoms with E-state index in [9.17, 15) is 18.0 Å². The average molecular weight is 358 g/mol. The van der Waals surface area contributed by atoms with Gasteiger partial charge in [0.1, 0.15) is 18.0 Å². The van der Waals surface area contributed by atoms with Gasteiger partial charge < -0.3 is 5.11 Å². The quantitative estimate of drug-likeness (QED) is 0.648. The molecule has 1 N–H and O–H groups in total. The Hall–Kier alpha value is -0.930. The first-order chi connectivity index (χ1) is 8.89. The number of carbonyl (C=O) groups is 1. The molecule has 9 heteroatoms. The molecule has 1 heterocycles. The molecule has 0 aliphatic carbocycles. The van der Waals surface area contributed by atoms with E-state index < -0.39 is 36.0 Å². The zero-order valence-electron chi connectivity index (χ0n) is 9.15. The van der Waals surface area contributed by atoms with E-state index in [1.165, 1.54) is 6.07 Å². The van der Waals surface area contributed by atoms with Gasteiger partial charge in [0.05, 0.1) is 6.61 Å². The van der Waals surface area contributed by atoms with Crippen LogP contribution in [0.3, 0.4) is 0 Å². The monoisotopic (exact) mass is 357 g/mol. The van der Waals surface area contributed by atoms with Crippen molar-refractivity contribution in [1.82, 2.24) is 4.31 Å². The fourth-order valence-corrected chi connectivity index (χ4v) is 2.91. The molecule has 1 fully saturated rings. The van der Waals surface area contributed by atoms with Crippen LogP contribution in [0.15, 0.2) is 22.7 Å². The molecule has 19 heavy (non-hydrogen) atoms. The average Bonchev–Trinajstić information content (AvgIpc) is 2.78. The summed E-state index contributed by atoms with van der Waals surface area (Å²) < 4.78 is 46.1. The summed E-state index contributed by atoms with van der Waals surface area (Å²) in [5, 5.41) is 8.98. The highest BCUT2D eigenvalue weighted by atomic mass is 79.9. The van der Waals surface area contributed by atoms with Crippen molar-refractivity contribution in [2.75, 3.05) is 6.61 Å². The molecule has 1 aromatic carbocycles. The van der Waals surface area contributed by atoms with Crippen molar-refractivity contribution in [3.05, 3.63) is 34.1 Å². The molecule has 4 nitrogen and oxygen atoms in total. The van der Waals surface area contributed by atoms with E-state index in [0.717, 1.165) is 12.1 Å². The highest BCUT2D eigenvalue weighted by molar-refractivity contribution is 9.10. The van der Waals surface area contributed by atoms with Crippen LogP contribution in [0.2, 0.25) is 0 Å². The van der Waals surface area contributed by atoms with Crippen molar-refractivity contribution >= 4 is 34.3 Å². The zero-order chi connectivity index (χ0) is 14.2. The molecular weight excluding hydrogens is 351 g/mol. The van der Waals surface area contributed by atoms with Crippen LogP contribution < -0.4 is 0 Å². The maximum atomic E-state index is 13.8. The first kappa shape index (κ1) is 14.5. The number of halogens is 4. The molecule has 1 atom stereocenters. The summed E-state index contributed by atoms with van der Waals surface area (Å²) in [6.07, 6.45) is -4.76. The van der Waals surface area contributed by atoms with Gasteiger partial charge in [-0.1, -0.05) is 15.9 Å². The van der Waals surface area contributed by atoms with Crippen molar-refractivity contribution < 1.29 is 27.3 Å². The number of benzene rings is 1. The van der Waals surface area contributed by atoms with Crippen molar-refractivity contribution in [3.8, 4) is 0 Å². The van der Waals surface area contributed by atoms with Gasteiger partial charge >= 0.3 is 6.09 Å². The second-order valence-electron chi connectivity index (χ2n) is 3.76. The van der Waals surface area contributed by atoms with Crippen LogP contribution in [-0.2, 0) is 9.72 Å². The van der Waals surface area contributed by atoms with Gasteiger partial charge in [0, 0.05) is 10.0 Å². The van der Waals surface area contributed by atoms with Gasteiger partial charge in [0.25, 0.3) is 6.43 Å². The van der Waals surface area contributed by atoms with Crippen LogP contribution in [-0.4, -0.2) is 28.5 Å². The Morgan fingerprint density at radius 1 is 1.58 bits per heavy atom. The lowest BCUT2D eigenvalue weighted by molar-refractivity contribution is -0.0148. The maximum absolute atomic E-state index is 13.8. The second-order valence-corrected chi connectivity index (χ2v) is 5.43. The maximum Gasteiger partial charge on any atom is 0.420 e. The van der Waals surface area contributed by atoms with Gasteiger partial charge in [0.15, 0.2) is 5.54 Å². The van der Waals surface area contributed by atoms with E-state index in [1.807, 2.05) is 0 Å². The largest absolute Gasteiger partial charge is 0.464 e. The first-order valence-corrected chi connectivity index (χ1v) is 6.45. The number of amides is 1. The lowest BCUT2D eigenvalue weighted by Gasteiger charge is -2.32. The van der Waals surface area contributed by atoms with Gasteiger partial charge in [0.2, 0.25) is 0 Å². The van der Waals surface area contributed by atoms with Crippen LogP contribution in [0.1, 0.15) is 5.56 Å². The fourth-order valence-electron chi connectivity index (χ4n) is 1.78. The Kier molecular flexibility index (Phi) is 3.98. The Labute approximate surface area is 119 Å². The van der Waals surface area contributed by atoms with E-state index in [1.54, 1.807) is 0 Å². The van der Waals surface area contributed by atoms with E-state index in [4.69, 9.17) is 9.29 Å². The predicted octanol–water partition coefficient (Wildman–Crippen LogP) is 3.62. The summed E-state index contributed by atoms with van der Waals surface area (Å²) in [6.45, 7) is -0.630. The smallest absolute Gasteiger partial charge is 0.420 e. The number of alkyl halides is 2. The summed E-state index contributed by atoms with van der Waals surface area (Å²) in [6, 6.07) is 3.46. The molecule has 1 amide bonds. The molecule has 1 saturated heterocycles. The summed E-state index contributed by atoms with van der Waals surface area (Å²) in [4.78, 5) is 11.0. The minimum atomic E-state index is -3.14. The molecule has 0 saturated carbocycles. The third-order valence-electron chi connectivity index (χ3n) is 2.70. The molecule has 2 rings (SSSR count). The number of hydrogen-bond acceptors (Lipinski definition) is 3. The fraction of sp³-hybridized carbons (Fsp3) is 0.300. The second kappa shape index (κ2) is 5.22. The third kappa shape index (κ3) is 2.30. The highest BCUT2D eigenvalue weighted by Crippen LogP contribution is 2.46. The lowest BCUT2D eigenvalue weighted by atomic mass is 9.90. The number of carboxylic acid groups (broad SMARTS) is 1. The van der Waals surface area contributed by atoms with Gasteiger partial charge in [-0.2, -0.15) is 0 Å². The zero-order valence-corrected chi connectivity index (χ0v) is 11.6. The molecule has 1 aromatic rings. The normalized spacial score (nSPS) is 23.1. The summed E-state index contributed by atoms with van der Waals surface area (Å²) >= 11 is 3.32. The predicted molar refractivity (Wildman–Crippen MR) is 65.2 cm³/mol. The van der Waals surface area contributed by atoms with Gasteiger partial charge in [-0.25, -0.2) is 22.3 Å². The Bertz CT molecular complexity index is 519. The van der Waals surface area contributed by atoms with Gasteiger partial charge in [-0.3, -0.25) is 4.18 Å². The standard InChI is InChI=1S/C10H7BrF3NO3S/c11-5-1-2-7(12)6(3-5)10(8(13)14)4-18-19-15(10)9(16)17/h1-3,8H,4H2,(H,16,17). The van der Waals surface area contributed by atoms with Gasteiger partial charge in [-0.05, 0) is 18.2 Å². The van der Waals surface area contributed by atoms with E-state index in [0.29, 0.717) is 8.78 Å². The Morgan fingerprint density at radius 2 is 2.26 bits per heavy atom. The summed E-state index contributed by atoms with van der Waals surface area (Å²) in [7, 11) is 0. The SMILES string of the molecule is O=C(O)N1SOCC1(c1cc(Br)ccc1F)C(F)F. The molecule has 0 radical (unpaired) electrons. The molecule has 0 bridgehead atoms. The van der Waals surface area contributed by atoms with Crippen molar-refractivity contribution in [2.24, 2.45) is 0 Å². The minimum absolute atomic E-state index is 0.267. The molecule has 0 spiro atoms. The number of hydrogen-bond donors (Lipinski definition) is 1. The lowest BCUT2D eigenvalue weighted by Crippen LogP contribution is -2.49. The van der Waals surface area contributed by atoms with Crippen LogP contribution in [0, 0.1) is 5.82 Å². The number of rotatable bonds is 2. The molecule has 1 aliphatic heterocycles. The molecule has 1 aliphatic rings. The topological polar surface area (TPSA) is 49.8 Å². The van der Waals surface area contributed by atoms with E-state index in [2.05, 4.69) is 15.9 Å². The molecule has 1 unspecified atom stereocenters. The molecule has 0 aromatic heterocycles. The Balaban J connectivity index is 2.62. The third-order valence-corrected chi connectivity index (χ3v) is 4.05. The summed E-state index contributed by atoms with van der Waals surface area (Å²) in [5.74, 6) is -0.916.